The number of amides is 1. The van der Waals surface area contributed by atoms with Crippen molar-refractivity contribution >= 4 is 11.9 Å². The highest BCUT2D eigenvalue weighted by atomic mass is 16.5. The molecule has 0 atom stereocenters. The van der Waals surface area contributed by atoms with E-state index >= 15 is 0 Å². The minimum absolute atomic E-state index is 0.260. The molecule has 1 aromatic rings. The van der Waals surface area contributed by atoms with Gasteiger partial charge in [-0.05, 0) is 45.7 Å². The van der Waals surface area contributed by atoms with Crippen molar-refractivity contribution in [2.24, 2.45) is 0 Å². The minimum atomic E-state index is -0.459. The van der Waals surface area contributed by atoms with Gasteiger partial charge >= 0.3 is 5.97 Å². The summed E-state index contributed by atoms with van der Waals surface area (Å²) in [6.45, 7) is 9.05. The van der Waals surface area contributed by atoms with E-state index in [1.165, 1.54) is 0 Å². The molecule has 1 rings (SSSR count). The first-order valence-electron chi connectivity index (χ1n) is 6.25. The van der Waals surface area contributed by atoms with Gasteiger partial charge in [0, 0.05) is 5.54 Å². The van der Waals surface area contributed by atoms with Crippen LogP contribution in [0.25, 0.3) is 0 Å². The smallest absolute Gasteiger partial charge is 0.339 e. The lowest BCUT2D eigenvalue weighted by atomic mass is 10.0. The van der Waals surface area contributed by atoms with E-state index in [4.69, 9.17) is 4.74 Å². The van der Waals surface area contributed by atoms with Crippen LogP contribution in [0.15, 0.2) is 18.2 Å². The van der Waals surface area contributed by atoms with E-state index in [0.717, 1.165) is 11.1 Å². The van der Waals surface area contributed by atoms with Crippen LogP contribution in [0, 0.1) is 13.8 Å². The van der Waals surface area contributed by atoms with Crippen LogP contribution in [0.1, 0.15) is 42.3 Å². The van der Waals surface area contributed by atoms with Gasteiger partial charge in [-0.1, -0.05) is 18.2 Å². The van der Waals surface area contributed by atoms with E-state index in [1.807, 2.05) is 52.8 Å². The predicted octanol–water partition coefficient (Wildman–Crippen LogP) is 2.37. The van der Waals surface area contributed by atoms with Gasteiger partial charge in [-0.25, -0.2) is 4.79 Å². The summed E-state index contributed by atoms with van der Waals surface area (Å²) in [4.78, 5) is 23.5. The summed E-state index contributed by atoms with van der Waals surface area (Å²) >= 11 is 0. The summed E-state index contributed by atoms with van der Waals surface area (Å²) in [5.41, 5.74) is 1.90. The van der Waals surface area contributed by atoms with Gasteiger partial charge in [0.05, 0.1) is 5.56 Å². The summed E-state index contributed by atoms with van der Waals surface area (Å²) in [6.07, 6.45) is 0. The fourth-order valence-corrected chi connectivity index (χ4v) is 1.79. The molecule has 1 aromatic carbocycles. The molecule has 1 N–H and O–H groups in total. The fourth-order valence-electron chi connectivity index (χ4n) is 1.79. The van der Waals surface area contributed by atoms with Gasteiger partial charge in [0.2, 0.25) is 0 Å². The summed E-state index contributed by atoms with van der Waals surface area (Å²) in [5, 5.41) is 2.74. The Labute approximate surface area is 114 Å². The maximum Gasteiger partial charge on any atom is 0.339 e. The highest BCUT2D eigenvalue weighted by Gasteiger charge is 2.17. The molecule has 0 aromatic heterocycles. The average molecular weight is 263 g/mol. The Balaban J connectivity index is 2.64. The number of nitrogens with one attached hydrogen (secondary N) is 1. The van der Waals surface area contributed by atoms with Crippen molar-refractivity contribution in [3.8, 4) is 0 Å². The number of hydrogen-bond acceptors (Lipinski definition) is 3. The number of rotatable bonds is 3. The molecule has 0 unspecified atom stereocenters. The lowest BCUT2D eigenvalue weighted by molar-refractivity contribution is -0.125. The van der Waals surface area contributed by atoms with Gasteiger partial charge in [0.25, 0.3) is 5.91 Å². The van der Waals surface area contributed by atoms with Gasteiger partial charge in [-0.15, -0.1) is 0 Å². The van der Waals surface area contributed by atoms with Crippen molar-refractivity contribution in [2.45, 2.75) is 40.2 Å². The third kappa shape index (κ3) is 4.73. The van der Waals surface area contributed by atoms with E-state index in [9.17, 15) is 9.59 Å². The number of hydrogen-bond donors (Lipinski definition) is 1. The summed E-state index contributed by atoms with van der Waals surface area (Å²) in [6, 6.07) is 5.57. The molecule has 0 fully saturated rings. The maximum absolute atomic E-state index is 12.0. The van der Waals surface area contributed by atoms with Crippen LogP contribution in [0.3, 0.4) is 0 Å². The number of esters is 1. The van der Waals surface area contributed by atoms with Crippen molar-refractivity contribution in [3.05, 3.63) is 34.9 Å². The molecule has 1 amide bonds. The Morgan fingerprint density at radius 3 is 2.16 bits per heavy atom. The topological polar surface area (TPSA) is 55.4 Å². The third-order valence-corrected chi connectivity index (χ3v) is 2.53. The molecular weight excluding hydrogens is 242 g/mol. The first-order chi connectivity index (χ1) is 8.70. The first kappa shape index (κ1) is 15.2. The van der Waals surface area contributed by atoms with Gasteiger partial charge in [-0.3, -0.25) is 4.79 Å². The molecule has 19 heavy (non-hydrogen) atoms. The zero-order valence-electron chi connectivity index (χ0n) is 12.2. The van der Waals surface area contributed by atoms with Crippen LogP contribution in [-0.2, 0) is 9.53 Å². The number of ether oxygens (including phenoxy) is 1. The van der Waals surface area contributed by atoms with Gasteiger partial charge in [0.15, 0.2) is 6.61 Å². The zero-order valence-corrected chi connectivity index (χ0v) is 12.2. The molecular formula is C15H21NO3. The second kappa shape index (κ2) is 5.87. The molecule has 0 aliphatic heterocycles. The predicted molar refractivity (Wildman–Crippen MR) is 74.1 cm³/mol. The van der Waals surface area contributed by atoms with Crippen LogP contribution < -0.4 is 5.32 Å². The molecule has 0 radical (unpaired) electrons. The highest BCUT2D eigenvalue weighted by Crippen LogP contribution is 2.14. The molecule has 0 bridgehead atoms. The zero-order chi connectivity index (χ0) is 14.6. The normalized spacial score (nSPS) is 11.0. The second-order valence-corrected chi connectivity index (χ2v) is 5.64. The summed E-state index contributed by atoms with van der Waals surface area (Å²) < 4.78 is 5.05. The van der Waals surface area contributed by atoms with E-state index in [2.05, 4.69) is 5.32 Å². The van der Waals surface area contributed by atoms with E-state index in [0.29, 0.717) is 5.56 Å². The lowest BCUT2D eigenvalue weighted by Gasteiger charge is -2.20. The first-order valence-corrected chi connectivity index (χ1v) is 6.25. The van der Waals surface area contributed by atoms with Crippen LogP contribution in [0.4, 0.5) is 0 Å². The van der Waals surface area contributed by atoms with E-state index < -0.39 is 5.97 Å². The monoisotopic (exact) mass is 263 g/mol. The minimum Gasteiger partial charge on any atom is -0.452 e. The van der Waals surface area contributed by atoms with Crippen LogP contribution in [0.2, 0.25) is 0 Å². The molecule has 0 saturated heterocycles. The number of benzene rings is 1. The SMILES string of the molecule is Cc1cccc(C)c1C(=O)OCC(=O)NC(C)(C)C. The molecule has 0 heterocycles. The van der Waals surface area contributed by atoms with Crippen molar-refractivity contribution in [1.29, 1.82) is 0 Å². The second-order valence-electron chi connectivity index (χ2n) is 5.64. The summed E-state index contributed by atoms with van der Waals surface area (Å²) in [5.74, 6) is -0.758. The Hall–Kier alpha value is -1.84. The largest absolute Gasteiger partial charge is 0.452 e. The van der Waals surface area contributed by atoms with Crippen molar-refractivity contribution < 1.29 is 14.3 Å². The maximum atomic E-state index is 12.0. The standard InChI is InChI=1S/C15H21NO3/c1-10-7-6-8-11(2)13(10)14(18)19-9-12(17)16-15(3,4)5/h6-8H,9H2,1-5H3,(H,16,17). The molecule has 0 aliphatic rings. The highest BCUT2D eigenvalue weighted by molar-refractivity contribution is 5.94. The lowest BCUT2D eigenvalue weighted by Crippen LogP contribution is -2.42. The number of aryl methyl sites for hydroxylation is 2. The Morgan fingerprint density at radius 2 is 1.68 bits per heavy atom. The van der Waals surface area contributed by atoms with Crippen molar-refractivity contribution in [2.75, 3.05) is 6.61 Å². The molecule has 0 spiro atoms. The molecule has 4 heteroatoms. The quantitative estimate of drug-likeness (QED) is 0.852. The average Bonchev–Trinajstić information content (AvgIpc) is 2.23. The van der Waals surface area contributed by atoms with Crippen molar-refractivity contribution in [1.82, 2.24) is 5.32 Å². The van der Waals surface area contributed by atoms with Gasteiger partial charge in [0.1, 0.15) is 0 Å². The third-order valence-electron chi connectivity index (χ3n) is 2.53. The molecule has 4 nitrogen and oxygen atoms in total. The fraction of sp³-hybridized carbons (Fsp3) is 0.467. The molecule has 104 valence electrons. The van der Waals surface area contributed by atoms with Crippen LogP contribution in [-0.4, -0.2) is 24.0 Å². The molecule has 0 aliphatic carbocycles. The van der Waals surface area contributed by atoms with Crippen LogP contribution in [0.5, 0.6) is 0 Å². The number of carbonyl (C=O) groups excluding carboxylic acids is 2. The van der Waals surface area contributed by atoms with E-state index in [1.54, 1.807) is 0 Å². The van der Waals surface area contributed by atoms with Gasteiger partial charge in [-0.2, -0.15) is 0 Å². The Kier molecular flexibility index (Phi) is 4.70. The molecule has 0 saturated carbocycles. The van der Waals surface area contributed by atoms with Crippen molar-refractivity contribution in [3.63, 3.8) is 0 Å². The number of carbonyl (C=O) groups is 2. The van der Waals surface area contributed by atoms with Gasteiger partial charge < -0.3 is 10.1 Å². The van der Waals surface area contributed by atoms with Crippen LogP contribution >= 0.6 is 0 Å². The summed E-state index contributed by atoms with van der Waals surface area (Å²) in [7, 11) is 0. The Morgan fingerprint density at radius 1 is 1.16 bits per heavy atom. The van der Waals surface area contributed by atoms with E-state index in [-0.39, 0.29) is 18.1 Å². The Bertz CT molecular complexity index is 466.